The molecule has 116 valence electrons. The third-order valence-electron chi connectivity index (χ3n) is 3.86. The van der Waals surface area contributed by atoms with Gasteiger partial charge in [-0.25, -0.2) is 8.42 Å². The topological polar surface area (TPSA) is 65.1 Å². The Morgan fingerprint density at radius 2 is 1.95 bits per heavy atom. The van der Waals surface area contributed by atoms with Gasteiger partial charge in [0.15, 0.2) is 9.84 Å². The molecule has 2 rings (SSSR count). The second kappa shape index (κ2) is 6.62. The number of hydrogen-bond donors (Lipinski definition) is 1. The zero-order valence-electron chi connectivity index (χ0n) is 12.7. The summed E-state index contributed by atoms with van der Waals surface area (Å²) in [6.07, 6.45) is 3.95. The molecular weight excluding hydrogens is 284 g/mol. The first-order valence-electron chi connectivity index (χ1n) is 7.44. The second-order valence-corrected chi connectivity index (χ2v) is 8.35. The van der Waals surface area contributed by atoms with Crippen molar-refractivity contribution in [2.45, 2.75) is 38.5 Å². The van der Waals surface area contributed by atoms with Gasteiger partial charge in [0.25, 0.3) is 0 Å². The summed E-state index contributed by atoms with van der Waals surface area (Å²) in [7, 11) is -3.01. The number of hydrogen-bond acceptors (Lipinski definition) is 3. The smallest absolute Gasteiger partial charge is 0.154 e. The number of aryl methyl sites for hydroxylation is 2. The molecule has 4 nitrogen and oxygen atoms in total. The molecule has 0 fully saturated rings. The number of aromatic nitrogens is 1. The number of nitrogens with zero attached hydrogens (tertiary/aromatic N) is 1. The number of benzene rings is 1. The Morgan fingerprint density at radius 1 is 1.24 bits per heavy atom. The van der Waals surface area contributed by atoms with Gasteiger partial charge < -0.3 is 10.3 Å². The average Bonchev–Trinajstić information content (AvgIpc) is 2.81. The summed E-state index contributed by atoms with van der Waals surface area (Å²) in [6, 6.07) is 8.14. The average molecular weight is 308 g/mol. The lowest BCUT2D eigenvalue weighted by atomic mass is 10.1. The van der Waals surface area contributed by atoms with Crippen LogP contribution in [0, 0.1) is 0 Å². The Labute approximate surface area is 126 Å². The molecule has 0 unspecified atom stereocenters. The lowest BCUT2D eigenvalue weighted by molar-refractivity contribution is 0.581. The van der Waals surface area contributed by atoms with Crippen LogP contribution >= 0.6 is 0 Å². The molecule has 1 aromatic heterocycles. The number of rotatable bonds is 7. The van der Waals surface area contributed by atoms with Crippen LogP contribution in [0.25, 0.3) is 10.9 Å². The molecular formula is C16H24N2O2S. The van der Waals surface area contributed by atoms with Crippen molar-refractivity contribution in [2.24, 2.45) is 5.73 Å². The summed E-state index contributed by atoms with van der Waals surface area (Å²) in [5.41, 5.74) is 7.94. The van der Waals surface area contributed by atoms with E-state index in [-0.39, 0.29) is 11.0 Å². The van der Waals surface area contributed by atoms with Gasteiger partial charge in [0.05, 0.1) is 11.0 Å². The fourth-order valence-electron chi connectivity index (χ4n) is 2.46. The fourth-order valence-corrected chi connectivity index (χ4v) is 3.38. The highest BCUT2D eigenvalue weighted by Gasteiger charge is 2.17. The molecule has 5 heteroatoms. The van der Waals surface area contributed by atoms with Crippen LogP contribution in [0.3, 0.4) is 0 Å². The third kappa shape index (κ3) is 3.66. The molecule has 0 saturated carbocycles. The first kappa shape index (κ1) is 16.0. The molecule has 21 heavy (non-hydrogen) atoms. The van der Waals surface area contributed by atoms with Crippen LogP contribution < -0.4 is 5.73 Å². The lowest BCUT2D eigenvalue weighted by Gasteiger charge is -2.09. The Balaban J connectivity index is 2.28. The second-order valence-electron chi connectivity index (χ2n) is 5.67. The monoisotopic (exact) mass is 308 g/mol. The molecule has 0 bridgehead atoms. The molecule has 2 aromatic rings. The maximum Gasteiger partial charge on any atom is 0.154 e. The molecule has 1 aromatic carbocycles. The van der Waals surface area contributed by atoms with Gasteiger partial charge >= 0.3 is 0 Å². The quantitative estimate of drug-likeness (QED) is 0.854. The number of sulfone groups is 1. The van der Waals surface area contributed by atoms with Gasteiger partial charge in [-0.05, 0) is 44.9 Å². The molecule has 0 radical (unpaired) electrons. The highest BCUT2D eigenvalue weighted by Crippen LogP contribution is 2.22. The van der Waals surface area contributed by atoms with Gasteiger partial charge in [0, 0.05) is 23.6 Å². The fraction of sp³-hybridized carbons (Fsp3) is 0.500. The van der Waals surface area contributed by atoms with E-state index in [1.165, 1.54) is 10.9 Å². The lowest BCUT2D eigenvalue weighted by Crippen LogP contribution is -2.20. The summed E-state index contributed by atoms with van der Waals surface area (Å²) < 4.78 is 26.0. The van der Waals surface area contributed by atoms with E-state index in [4.69, 9.17) is 5.73 Å². The Morgan fingerprint density at radius 3 is 2.62 bits per heavy atom. The normalized spacial score (nSPS) is 12.4. The predicted molar refractivity (Wildman–Crippen MR) is 88.2 cm³/mol. The van der Waals surface area contributed by atoms with Gasteiger partial charge in [0.1, 0.15) is 0 Å². The molecule has 0 aliphatic carbocycles. The summed E-state index contributed by atoms with van der Waals surface area (Å²) in [6.45, 7) is 4.64. The van der Waals surface area contributed by atoms with Crippen molar-refractivity contribution < 1.29 is 8.42 Å². The van der Waals surface area contributed by atoms with E-state index in [0.29, 0.717) is 13.1 Å². The van der Waals surface area contributed by atoms with Crippen molar-refractivity contribution in [3.8, 4) is 0 Å². The van der Waals surface area contributed by atoms with E-state index in [1.807, 2.05) is 18.2 Å². The standard InChI is InChI=1S/C16H24N2O2S/c1-13(2)21(19,20)11-10-18-12-14(6-5-9-17)15-7-3-4-8-16(15)18/h3-4,7-8,12-13H,5-6,9-11,17H2,1-2H3. The maximum atomic E-state index is 12.0. The number of para-hydroxylation sites is 1. The van der Waals surface area contributed by atoms with Crippen molar-refractivity contribution in [3.05, 3.63) is 36.0 Å². The first-order valence-corrected chi connectivity index (χ1v) is 9.15. The van der Waals surface area contributed by atoms with Crippen LogP contribution in [0.2, 0.25) is 0 Å². The predicted octanol–water partition coefficient (Wildman–Crippen LogP) is 2.36. The molecule has 0 amide bonds. The minimum atomic E-state index is -3.01. The van der Waals surface area contributed by atoms with Crippen molar-refractivity contribution in [2.75, 3.05) is 12.3 Å². The first-order chi connectivity index (χ1) is 9.95. The van der Waals surface area contributed by atoms with Crippen LogP contribution in [0.5, 0.6) is 0 Å². The third-order valence-corrected chi connectivity index (χ3v) is 6.04. The number of nitrogens with two attached hydrogens (primary N) is 1. The molecule has 0 aliphatic rings. The van der Waals surface area contributed by atoms with Crippen molar-refractivity contribution >= 4 is 20.7 Å². The van der Waals surface area contributed by atoms with Gasteiger partial charge in [-0.1, -0.05) is 18.2 Å². The molecule has 0 spiro atoms. The Kier molecular flexibility index (Phi) is 5.06. The molecule has 2 N–H and O–H groups in total. The van der Waals surface area contributed by atoms with E-state index in [1.54, 1.807) is 13.8 Å². The zero-order valence-corrected chi connectivity index (χ0v) is 13.6. The Hall–Kier alpha value is -1.33. The summed E-state index contributed by atoms with van der Waals surface area (Å²) in [5, 5.41) is 0.879. The van der Waals surface area contributed by atoms with Crippen LogP contribution in [0.15, 0.2) is 30.5 Å². The molecule has 1 heterocycles. The van der Waals surface area contributed by atoms with E-state index in [2.05, 4.69) is 16.8 Å². The summed E-state index contributed by atoms with van der Waals surface area (Å²) in [5.74, 6) is 0.180. The molecule has 0 aliphatic heterocycles. The highest BCUT2D eigenvalue weighted by atomic mass is 32.2. The van der Waals surface area contributed by atoms with Crippen molar-refractivity contribution in [3.63, 3.8) is 0 Å². The summed E-state index contributed by atoms with van der Waals surface area (Å²) >= 11 is 0. The van der Waals surface area contributed by atoms with Gasteiger partial charge in [-0.2, -0.15) is 0 Å². The van der Waals surface area contributed by atoms with E-state index >= 15 is 0 Å². The summed E-state index contributed by atoms with van der Waals surface area (Å²) in [4.78, 5) is 0. The molecule has 0 atom stereocenters. The van der Waals surface area contributed by atoms with Gasteiger partial charge in [0.2, 0.25) is 0 Å². The van der Waals surface area contributed by atoms with Gasteiger partial charge in [-0.15, -0.1) is 0 Å². The van der Waals surface area contributed by atoms with Gasteiger partial charge in [-0.3, -0.25) is 0 Å². The Bertz CT molecular complexity index is 702. The van der Waals surface area contributed by atoms with Crippen molar-refractivity contribution in [1.29, 1.82) is 0 Å². The van der Waals surface area contributed by atoms with Crippen LogP contribution in [-0.2, 0) is 22.8 Å². The van der Waals surface area contributed by atoms with Crippen LogP contribution in [0.1, 0.15) is 25.8 Å². The highest BCUT2D eigenvalue weighted by molar-refractivity contribution is 7.91. The minimum Gasteiger partial charge on any atom is -0.346 e. The van der Waals surface area contributed by atoms with E-state index in [0.717, 1.165) is 18.4 Å². The van der Waals surface area contributed by atoms with E-state index in [9.17, 15) is 8.42 Å². The number of fused-ring (bicyclic) bond motifs is 1. The van der Waals surface area contributed by atoms with Crippen LogP contribution in [0.4, 0.5) is 0 Å². The zero-order chi connectivity index (χ0) is 15.5. The van der Waals surface area contributed by atoms with Crippen molar-refractivity contribution in [1.82, 2.24) is 4.57 Å². The maximum absolute atomic E-state index is 12.0. The minimum absolute atomic E-state index is 0.180. The SMILES string of the molecule is CC(C)S(=O)(=O)CCn1cc(CCCN)c2ccccc21. The van der Waals surface area contributed by atoms with Crippen LogP contribution in [-0.4, -0.2) is 30.5 Å². The molecule has 0 saturated heterocycles. The largest absolute Gasteiger partial charge is 0.346 e. The van der Waals surface area contributed by atoms with E-state index < -0.39 is 9.84 Å².